The Morgan fingerprint density at radius 2 is 0.617 bits per heavy atom. The number of rotatable bonds is 68. The molecule has 0 aliphatic carbocycles. The van der Waals surface area contributed by atoms with Gasteiger partial charge in [0.05, 0.1) is 25.4 Å². The molecule has 0 spiro atoms. The van der Waals surface area contributed by atoms with Gasteiger partial charge in [0, 0.05) is 12.8 Å². The van der Waals surface area contributed by atoms with Crippen LogP contribution in [0.15, 0.2) is 48.6 Å². The van der Waals surface area contributed by atoms with Crippen LogP contribution in [0.25, 0.3) is 0 Å². The summed E-state index contributed by atoms with van der Waals surface area (Å²) in [6, 6.07) is -0.626. The number of allylic oxidation sites excluding steroid dienone is 7. The van der Waals surface area contributed by atoms with Gasteiger partial charge in [0.15, 0.2) is 0 Å². The number of aliphatic hydroxyl groups is 2. The Morgan fingerprint density at radius 1 is 0.346 bits per heavy atom. The highest BCUT2D eigenvalue weighted by atomic mass is 16.5. The molecular formula is C75H141NO5. The first-order chi connectivity index (χ1) is 40.0. The highest BCUT2D eigenvalue weighted by molar-refractivity contribution is 5.76. The maximum absolute atomic E-state index is 12.5. The van der Waals surface area contributed by atoms with Gasteiger partial charge in [-0.05, 0) is 89.9 Å². The number of hydrogen-bond donors (Lipinski definition) is 3. The quantitative estimate of drug-likeness (QED) is 0.0320. The second-order valence-electron chi connectivity index (χ2n) is 24.9. The van der Waals surface area contributed by atoms with Crippen molar-refractivity contribution in [3.8, 4) is 0 Å². The molecule has 6 nitrogen and oxygen atoms in total. The Labute approximate surface area is 506 Å². The van der Waals surface area contributed by atoms with Gasteiger partial charge in [0.25, 0.3) is 0 Å². The number of nitrogens with one attached hydrogen (secondary N) is 1. The van der Waals surface area contributed by atoms with Crippen molar-refractivity contribution in [2.45, 2.75) is 405 Å². The van der Waals surface area contributed by atoms with Crippen molar-refractivity contribution in [2.24, 2.45) is 0 Å². The predicted octanol–water partition coefficient (Wildman–Crippen LogP) is 23.6. The topological polar surface area (TPSA) is 95.9 Å². The largest absolute Gasteiger partial charge is 0.466 e. The third-order valence-electron chi connectivity index (χ3n) is 16.8. The van der Waals surface area contributed by atoms with Gasteiger partial charge < -0.3 is 20.3 Å². The third kappa shape index (κ3) is 66.8. The number of carbonyl (C=O) groups is 2. The fourth-order valence-corrected chi connectivity index (χ4v) is 11.3. The van der Waals surface area contributed by atoms with E-state index in [1.165, 1.54) is 315 Å². The van der Waals surface area contributed by atoms with Crippen LogP contribution in [0, 0.1) is 0 Å². The summed E-state index contributed by atoms with van der Waals surface area (Å²) in [6.07, 6.45) is 92.0. The van der Waals surface area contributed by atoms with Gasteiger partial charge in [0.1, 0.15) is 0 Å². The summed E-state index contributed by atoms with van der Waals surface area (Å²) < 4.78 is 5.50. The summed E-state index contributed by atoms with van der Waals surface area (Å²) in [5.41, 5.74) is 0. The van der Waals surface area contributed by atoms with E-state index in [0.717, 1.165) is 51.4 Å². The highest BCUT2D eigenvalue weighted by Crippen LogP contribution is 2.18. The molecule has 0 aromatic heterocycles. The lowest BCUT2D eigenvalue weighted by Gasteiger charge is -2.20. The van der Waals surface area contributed by atoms with E-state index in [1.54, 1.807) is 6.08 Å². The van der Waals surface area contributed by atoms with Crippen molar-refractivity contribution in [2.75, 3.05) is 13.2 Å². The summed E-state index contributed by atoms with van der Waals surface area (Å²) in [4.78, 5) is 24.6. The molecule has 0 aromatic carbocycles. The minimum Gasteiger partial charge on any atom is -0.466 e. The van der Waals surface area contributed by atoms with Crippen LogP contribution >= 0.6 is 0 Å². The van der Waals surface area contributed by atoms with Crippen LogP contribution < -0.4 is 5.32 Å². The Balaban J connectivity index is 3.36. The van der Waals surface area contributed by atoms with Crippen LogP contribution in [0.4, 0.5) is 0 Å². The Morgan fingerprint density at radius 3 is 0.975 bits per heavy atom. The monoisotopic (exact) mass is 1140 g/mol. The van der Waals surface area contributed by atoms with Crippen LogP contribution in [0.1, 0.15) is 393 Å². The Hall–Kier alpha value is -2.18. The first-order valence-electron chi connectivity index (χ1n) is 36.4. The number of unbranched alkanes of at least 4 members (excludes halogenated alkanes) is 51. The number of hydrogen-bond acceptors (Lipinski definition) is 5. The predicted molar refractivity (Wildman–Crippen MR) is 356 cm³/mol. The highest BCUT2D eigenvalue weighted by Gasteiger charge is 2.18. The fourth-order valence-electron chi connectivity index (χ4n) is 11.3. The average molecular weight is 1140 g/mol. The Kier molecular flexibility index (Phi) is 68.4. The number of carbonyl (C=O) groups excluding carboxylic acids is 2. The molecule has 476 valence electrons. The zero-order valence-electron chi connectivity index (χ0n) is 54.5. The molecule has 0 radical (unpaired) electrons. The lowest BCUT2D eigenvalue weighted by atomic mass is 10.0. The molecule has 1 amide bonds. The lowest BCUT2D eigenvalue weighted by molar-refractivity contribution is -0.143. The summed E-state index contributed by atoms with van der Waals surface area (Å²) in [7, 11) is 0. The SMILES string of the molecule is CCCCC/C=C\C/C=C\CCCCCCCCCC(=O)OCCCCCCCCCCCCCC/C=C\CCCCCCCCCCCCCCCCCCC(=O)NC(CO)C(O)/C=C/CCCCCCCCCCCCCCC. The molecule has 0 fully saturated rings. The van der Waals surface area contributed by atoms with E-state index >= 15 is 0 Å². The maximum Gasteiger partial charge on any atom is 0.305 e. The fraction of sp³-hybridized carbons (Fsp3) is 0.867. The molecule has 81 heavy (non-hydrogen) atoms. The minimum atomic E-state index is -0.843. The zero-order chi connectivity index (χ0) is 58.5. The normalized spacial score (nSPS) is 12.8. The van der Waals surface area contributed by atoms with Gasteiger partial charge in [-0.1, -0.05) is 339 Å². The summed E-state index contributed by atoms with van der Waals surface area (Å²) in [6.45, 7) is 4.90. The molecule has 0 saturated carbocycles. The van der Waals surface area contributed by atoms with Gasteiger partial charge in [-0.15, -0.1) is 0 Å². The van der Waals surface area contributed by atoms with Crippen molar-refractivity contribution in [3.05, 3.63) is 48.6 Å². The smallest absolute Gasteiger partial charge is 0.305 e. The lowest BCUT2D eigenvalue weighted by Crippen LogP contribution is -2.45. The molecular weight excluding hydrogens is 995 g/mol. The van der Waals surface area contributed by atoms with E-state index in [-0.39, 0.29) is 18.5 Å². The summed E-state index contributed by atoms with van der Waals surface area (Å²) >= 11 is 0. The van der Waals surface area contributed by atoms with Gasteiger partial charge in [-0.3, -0.25) is 9.59 Å². The van der Waals surface area contributed by atoms with Crippen LogP contribution in [0.2, 0.25) is 0 Å². The minimum absolute atomic E-state index is 0.0103. The molecule has 3 N–H and O–H groups in total. The molecule has 0 saturated heterocycles. The molecule has 0 heterocycles. The molecule has 0 aliphatic rings. The van der Waals surface area contributed by atoms with E-state index in [1.807, 2.05) is 6.08 Å². The van der Waals surface area contributed by atoms with Crippen molar-refractivity contribution >= 4 is 11.9 Å². The summed E-state index contributed by atoms with van der Waals surface area (Å²) in [5, 5.41) is 23.2. The molecule has 2 atom stereocenters. The van der Waals surface area contributed by atoms with Gasteiger partial charge in [0.2, 0.25) is 5.91 Å². The zero-order valence-corrected chi connectivity index (χ0v) is 54.5. The number of amides is 1. The van der Waals surface area contributed by atoms with Crippen molar-refractivity contribution in [1.82, 2.24) is 5.32 Å². The second-order valence-corrected chi connectivity index (χ2v) is 24.9. The van der Waals surface area contributed by atoms with Crippen molar-refractivity contribution in [3.63, 3.8) is 0 Å². The molecule has 6 heteroatoms. The standard InChI is InChI=1S/C75H141NO5/c1-3-5-7-9-11-13-15-17-19-36-41-45-49-53-57-61-65-69-75(80)81-70-66-62-58-54-50-46-42-38-35-33-31-29-27-25-23-21-20-22-24-26-28-30-32-34-37-40-44-48-52-56-60-64-68-74(79)76-72(71-77)73(78)67-63-59-55-51-47-43-39-18-16-14-12-10-8-6-4-2/h11,13,17,19,23,25,63,67,72-73,77-78H,3-10,12,14-16,18,20-22,24,26-62,64-66,68-71H2,1-2H3,(H,76,79)/b13-11-,19-17-,25-23-,67-63+. The molecule has 0 rings (SSSR count). The Bertz CT molecular complexity index is 1360. The maximum atomic E-state index is 12.5. The number of aliphatic hydroxyl groups excluding tert-OH is 2. The van der Waals surface area contributed by atoms with E-state index in [2.05, 4.69) is 55.6 Å². The van der Waals surface area contributed by atoms with Crippen molar-refractivity contribution in [1.29, 1.82) is 0 Å². The van der Waals surface area contributed by atoms with Crippen molar-refractivity contribution < 1.29 is 24.5 Å². The summed E-state index contributed by atoms with van der Waals surface area (Å²) in [5.74, 6) is -0.0532. The van der Waals surface area contributed by atoms with Gasteiger partial charge in [-0.2, -0.15) is 0 Å². The second kappa shape index (κ2) is 70.3. The molecule has 2 unspecified atom stereocenters. The van der Waals surface area contributed by atoms with Crippen LogP contribution in [0.5, 0.6) is 0 Å². The number of esters is 1. The molecule has 0 aliphatic heterocycles. The molecule has 0 aromatic rings. The van der Waals surface area contributed by atoms with Gasteiger partial charge >= 0.3 is 5.97 Å². The van der Waals surface area contributed by atoms with Crippen LogP contribution in [0.3, 0.4) is 0 Å². The average Bonchev–Trinajstić information content (AvgIpc) is 3.47. The van der Waals surface area contributed by atoms with E-state index < -0.39 is 12.1 Å². The van der Waals surface area contributed by atoms with Crippen LogP contribution in [-0.4, -0.2) is 47.4 Å². The first-order valence-corrected chi connectivity index (χ1v) is 36.4. The third-order valence-corrected chi connectivity index (χ3v) is 16.8. The van der Waals surface area contributed by atoms with Gasteiger partial charge in [-0.25, -0.2) is 0 Å². The first kappa shape index (κ1) is 78.8. The van der Waals surface area contributed by atoms with Crippen LogP contribution in [-0.2, 0) is 14.3 Å². The van der Waals surface area contributed by atoms with E-state index in [0.29, 0.717) is 19.4 Å². The molecule has 0 bridgehead atoms. The van der Waals surface area contributed by atoms with E-state index in [9.17, 15) is 19.8 Å². The number of ether oxygens (including phenoxy) is 1. The van der Waals surface area contributed by atoms with E-state index in [4.69, 9.17) is 4.74 Å².